The SMILES string of the molecule is CCCCCCCC(=O)NN=Cc1ccc([N+](=O)[O-])cc1. The van der Waals surface area contributed by atoms with Gasteiger partial charge in [-0.05, 0) is 24.1 Å². The van der Waals surface area contributed by atoms with Crippen LogP contribution in [0.1, 0.15) is 51.0 Å². The molecule has 0 heterocycles. The van der Waals surface area contributed by atoms with Crippen molar-refractivity contribution in [2.24, 2.45) is 5.10 Å². The van der Waals surface area contributed by atoms with E-state index in [1.54, 1.807) is 12.1 Å². The molecule has 1 rings (SSSR count). The highest BCUT2D eigenvalue weighted by molar-refractivity contribution is 5.82. The zero-order valence-electron chi connectivity index (χ0n) is 12.2. The van der Waals surface area contributed by atoms with E-state index in [4.69, 9.17) is 0 Å². The molecule has 1 aromatic carbocycles. The molecule has 0 aliphatic carbocycles. The van der Waals surface area contributed by atoms with Gasteiger partial charge in [0.15, 0.2) is 0 Å². The molecule has 0 radical (unpaired) electrons. The Morgan fingerprint density at radius 3 is 2.52 bits per heavy atom. The number of rotatable bonds is 9. The monoisotopic (exact) mass is 291 g/mol. The van der Waals surface area contributed by atoms with Crippen molar-refractivity contribution in [3.63, 3.8) is 0 Å². The van der Waals surface area contributed by atoms with Crippen molar-refractivity contribution in [1.29, 1.82) is 0 Å². The molecule has 0 aliphatic rings. The Morgan fingerprint density at radius 2 is 1.90 bits per heavy atom. The second kappa shape index (κ2) is 9.63. The fraction of sp³-hybridized carbons (Fsp3) is 0.467. The minimum atomic E-state index is -0.457. The number of amides is 1. The summed E-state index contributed by atoms with van der Waals surface area (Å²) >= 11 is 0. The van der Waals surface area contributed by atoms with E-state index in [1.807, 2.05) is 0 Å². The highest BCUT2D eigenvalue weighted by Crippen LogP contribution is 2.10. The Kier molecular flexibility index (Phi) is 7.71. The van der Waals surface area contributed by atoms with Gasteiger partial charge in [0, 0.05) is 18.6 Å². The number of nitrogens with zero attached hydrogens (tertiary/aromatic N) is 2. The molecule has 0 atom stereocenters. The normalized spacial score (nSPS) is 10.7. The highest BCUT2D eigenvalue weighted by atomic mass is 16.6. The number of hydrazone groups is 1. The Labute approximate surface area is 124 Å². The summed E-state index contributed by atoms with van der Waals surface area (Å²) < 4.78 is 0. The van der Waals surface area contributed by atoms with Crippen LogP contribution in [0.5, 0.6) is 0 Å². The van der Waals surface area contributed by atoms with E-state index in [0.29, 0.717) is 12.0 Å². The zero-order chi connectivity index (χ0) is 15.5. The molecule has 6 nitrogen and oxygen atoms in total. The maximum atomic E-state index is 11.5. The molecule has 0 saturated carbocycles. The van der Waals surface area contributed by atoms with E-state index >= 15 is 0 Å². The molecule has 1 amide bonds. The number of nitrogens with one attached hydrogen (secondary N) is 1. The minimum Gasteiger partial charge on any atom is -0.273 e. The molecule has 0 unspecified atom stereocenters. The smallest absolute Gasteiger partial charge is 0.269 e. The minimum absolute atomic E-state index is 0.0308. The number of nitro groups is 1. The Balaban J connectivity index is 2.27. The van der Waals surface area contributed by atoms with E-state index in [0.717, 1.165) is 19.3 Å². The molecule has 0 aliphatic heterocycles. The van der Waals surface area contributed by atoms with Crippen LogP contribution >= 0.6 is 0 Å². The average molecular weight is 291 g/mol. The van der Waals surface area contributed by atoms with Gasteiger partial charge in [-0.25, -0.2) is 5.43 Å². The van der Waals surface area contributed by atoms with Gasteiger partial charge in [-0.15, -0.1) is 0 Å². The first-order valence-corrected chi connectivity index (χ1v) is 7.20. The Hall–Kier alpha value is -2.24. The largest absolute Gasteiger partial charge is 0.273 e. The molecular formula is C15H21N3O3. The number of non-ortho nitro benzene ring substituents is 1. The summed E-state index contributed by atoms with van der Waals surface area (Å²) in [4.78, 5) is 21.5. The third kappa shape index (κ3) is 7.20. The van der Waals surface area contributed by atoms with Crippen LogP contribution in [-0.2, 0) is 4.79 Å². The van der Waals surface area contributed by atoms with Gasteiger partial charge in [0.2, 0.25) is 5.91 Å². The first kappa shape index (κ1) is 16.8. The number of unbranched alkanes of at least 4 members (excludes halogenated alkanes) is 4. The second-order valence-electron chi connectivity index (χ2n) is 4.81. The number of carbonyl (C=O) groups excluding carboxylic acids is 1. The van der Waals surface area contributed by atoms with Crippen molar-refractivity contribution in [2.45, 2.75) is 45.4 Å². The van der Waals surface area contributed by atoms with Gasteiger partial charge in [-0.3, -0.25) is 14.9 Å². The van der Waals surface area contributed by atoms with Crippen molar-refractivity contribution < 1.29 is 9.72 Å². The van der Waals surface area contributed by atoms with E-state index in [9.17, 15) is 14.9 Å². The van der Waals surface area contributed by atoms with Crippen molar-refractivity contribution in [2.75, 3.05) is 0 Å². The number of carbonyl (C=O) groups is 1. The molecular weight excluding hydrogens is 270 g/mol. The fourth-order valence-electron chi connectivity index (χ4n) is 1.81. The van der Waals surface area contributed by atoms with E-state index in [-0.39, 0.29) is 11.6 Å². The van der Waals surface area contributed by atoms with Crippen molar-refractivity contribution >= 4 is 17.8 Å². The lowest BCUT2D eigenvalue weighted by atomic mass is 10.1. The first-order chi connectivity index (χ1) is 10.1. The van der Waals surface area contributed by atoms with Crippen molar-refractivity contribution in [3.05, 3.63) is 39.9 Å². The maximum Gasteiger partial charge on any atom is 0.269 e. The first-order valence-electron chi connectivity index (χ1n) is 7.20. The molecule has 6 heteroatoms. The van der Waals surface area contributed by atoms with Crippen LogP contribution in [-0.4, -0.2) is 17.0 Å². The number of hydrogen-bond acceptors (Lipinski definition) is 4. The summed E-state index contributed by atoms with van der Waals surface area (Å²) in [6.45, 7) is 2.15. The summed E-state index contributed by atoms with van der Waals surface area (Å²) in [5.74, 6) is -0.107. The van der Waals surface area contributed by atoms with Gasteiger partial charge >= 0.3 is 0 Å². The quantitative estimate of drug-likeness (QED) is 0.327. The Bertz CT molecular complexity index is 483. The van der Waals surface area contributed by atoms with Crippen LogP contribution in [0.15, 0.2) is 29.4 Å². The molecule has 0 fully saturated rings. The van der Waals surface area contributed by atoms with E-state index in [1.165, 1.54) is 31.2 Å². The zero-order valence-corrected chi connectivity index (χ0v) is 12.2. The molecule has 1 aromatic rings. The van der Waals surface area contributed by atoms with Crippen LogP contribution in [0.25, 0.3) is 0 Å². The van der Waals surface area contributed by atoms with E-state index < -0.39 is 4.92 Å². The summed E-state index contributed by atoms with van der Waals surface area (Å²) in [6.07, 6.45) is 7.44. The summed E-state index contributed by atoms with van der Waals surface area (Å²) in [5, 5.41) is 14.3. The van der Waals surface area contributed by atoms with E-state index in [2.05, 4.69) is 17.5 Å². The van der Waals surface area contributed by atoms with Crippen LogP contribution in [0.3, 0.4) is 0 Å². The molecule has 0 saturated heterocycles. The number of hydrogen-bond donors (Lipinski definition) is 1. The predicted molar refractivity (Wildman–Crippen MR) is 82.2 cm³/mol. The number of benzene rings is 1. The van der Waals surface area contributed by atoms with Gasteiger partial charge in [-0.2, -0.15) is 5.10 Å². The molecule has 0 aromatic heterocycles. The third-order valence-electron chi connectivity index (χ3n) is 3.01. The summed E-state index contributed by atoms with van der Waals surface area (Å²) in [6, 6.07) is 5.96. The topological polar surface area (TPSA) is 84.6 Å². The summed E-state index contributed by atoms with van der Waals surface area (Å²) in [5.41, 5.74) is 3.18. The predicted octanol–water partition coefficient (Wildman–Crippen LogP) is 3.41. The van der Waals surface area contributed by atoms with Gasteiger partial charge in [-0.1, -0.05) is 32.6 Å². The van der Waals surface area contributed by atoms with Gasteiger partial charge in [0.05, 0.1) is 11.1 Å². The average Bonchev–Trinajstić information content (AvgIpc) is 2.47. The maximum absolute atomic E-state index is 11.5. The van der Waals surface area contributed by atoms with Gasteiger partial charge in [0.1, 0.15) is 0 Å². The lowest BCUT2D eigenvalue weighted by molar-refractivity contribution is -0.384. The third-order valence-corrected chi connectivity index (χ3v) is 3.01. The second-order valence-corrected chi connectivity index (χ2v) is 4.81. The molecule has 0 spiro atoms. The highest BCUT2D eigenvalue weighted by Gasteiger charge is 2.02. The van der Waals surface area contributed by atoms with Crippen LogP contribution in [0.4, 0.5) is 5.69 Å². The summed E-state index contributed by atoms with van der Waals surface area (Å²) in [7, 11) is 0. The van der Waals surface area contributed by atoms with Crippen LogP contribution in [0, 0.1) is 10.1 Å². The van der Waals surface area contributed by atoms with Crippen LogP contribution in [0.2, 0.25) is 0 Å². The fourth-order valence-corrected chi connectivity index (χ4v) is 1.81. The Morgan fingerprint density at radius 1 is 1.24 bits per heavy atom. The van der Waals surface area contributed by atoms with Gasteiger partial charge < -0.3 is 0 Å². The molecule has 0 bridgehead atoms. The van der Waals surface area contributed by atoms with Crippen LogP contribution < -0.4 is 5.43 Å². The van der Waals surface area contributed by atoms with Crippen molar-refractivity contribution in [1.82, 2.24) is 5.43 Å². The van der Waals surface area contributed by atoms with Gasteiger partial charge in [0.25, 0.3) is 5.69 Å². The lowest BCUT2D eigenvalue weighted by Gasteiger charge is -2.00. The van der Waals surface area contributed by atoms with Crippen molar-refractivity contribution in [3.8, 4) is 0 Å². The molecule has 114 valence electrons. The number of nitro benzene ring substituents is 1. The molecule has 1 N–H and O–H groups in total. The standard InChI is InChI=1S/C15H21N3O3/c1-2-3-4-5-6-7-15(19)17-16-12-13-8-10-14(11-9-13)18(20)21/h8-12H,2-7H2,1H3,(H,17,19). The lowest BCUT2D eigenvalue weighted by Crippen LogP contribution is -2.16. The molecule has 21 heavy (non-hydrogen) atoms.